The molecule has 13 heavy (non-hydrogen) atoms. The van der Waals surface area contributed by atoms with E-state index in [4.69, 9.17) is 10.5 Å². The fourth-order valence-corrected chi connectivity index (χ4v) is 2.16. The minimum absolute atomic E-state index is 0.0318. The molecule has 0 aromatic heterocycles. The van der Waals surface area contributed by atoms with E-state index >= 15 is 0 Å². The summed E-state index contributed by atoms with van der Waals surface area (Å²) in [5, 5.41) is 0. The van der Waals surface area contributed by atoms with Gasteiger partial charge in [-0.15, -0.1) is 0 Å². The number of ether oxygens (including phenoxy) is 1. The predicted octanol–water partition coefficient (Wildman–Crippen LogP) is 2.40. The number of fused-ring (bicyclic) bond motifs is 1. The van der Waals surface area contributed by atoms with Crippen LogP contribution >= 0.6 is 15.9 Å². The van der Waals surface area contributed by atoms with E-state index in [1.807, 2.05) is 13.0 Å². The van der Waals surface area contributed by atoms with Crippen molar-refractivity contribution in [3.8, 4) is 5.75 Å². The van der Waals surface area contributed by atoms with E-state index < -0.39 is 0 Å². The van der Waals surface area contributed by atoms with Crippen LogP contribution in [0.15, 0.2) is 16.6 Å². The second-order valence-electron chi connectivity index (χ2n) is 3.37. The third kappa shape index (κ3) is 1.58. The van der Waals surface area contributed by atoms with Gasteiger partial charge in [-0.2, -0.15) is 0 Å². The zero-order chi connectivity index (χ0) is 9.42. The van der Waals surface area contributed by atoms with Crippen LogP contribution in [0.25, 0.3) is 0 Å². The molecular weight excluding hydrogens is 230 g/mol. The summed E-state index contributed by atoms with van der Waals surface area (Å²) in [7, 11) is 0. The summed E-state index contributed by atoms with van der Waals surface area (Å²) in [6.45, 7) is 2.76. The Labute approximate surface area is 86.2 Å². The Morgan fingerprint density at radius 3 is 3.00 bits per heavy atom. The second-order valence-corrected chi connectivity index (χ2v) is 4.29. The fourth-order valence-electron chi connectivity index (χ4n) is 1.64. The Kier molecular flexibility index (Phi) is 2.30. The van der Waals surface area contributed by atoms with Crippen LogP contribution in [0, 0.1) is 0 Å². The molecule has 0 saturated heterocycles. The number of benzene rings is 1. The number of halogens is 1. The van der Waals surface area contributed by atoms with E-state index in [1.54, 1.807) is 0 Å². The molecule has 1 aromatic rings. The molecule has 0 saturated carbocycles. The van der Waals surface area contributed by atoms with Crippen molar-refractivity contribution in [1.82, 2.24) is 0 Å². The normalized spacial score (nSPS) is 16.5. The van der Waals surface area contributed by atoms with E-state index in [1.165, 1.54) is 5.56 Å². The van der Waals surface area contributed by atoms with Crippen LogP contribution in [-0.2, 0) is 6.42 Å². The molecule has 1 heterocycles. The topological polar surface area (TPSA) is 35.2 Å². The average Bonchev–Trinajstić information content (AvgIpc) is 2.49. The Morgan fingerprint density at radius 2 is 2.31 bits per heavy atom. The average molecular weight is 242 g/mol. The third-order valence-electron chi connectivity index (χ3n) is 2.27. The van der Waals surface area contributed by atoms with Crippen molar-refractivity contribution in [2.45, 2.75) is 19.4 Å². The summed E-state index contributed by atoms with van der Waals surface area (Å²) in [6.07, 6.45) is 0.995. The van der Waals surface area contributed by atoms with Crippen molar-refractivity contribution in [2.75, 3.05) is 6.61 Å². The Balaban J connectivity index is 2.55. The molecule has 0 spiro atoms. The molecule has 3 heteroatoms. The fraction of sp³-hybridized carbons (Fsp3) is 0.400. The van der Waals surface area contributed by atoms with E-state index in [2.05, 4.69) is 22.0 Å². The molecule has 1 atom stereocenters. The number of rotatable bonds is 1. The highest BCUT2D eigenvalue weighted by molar-refractivity contribution is 9.10. The number of nitrogens with two attached hydrogens (primary N) is 1. The highest BCUT2D eigenvalue weighted by Gasteiger charge is 2.18. The summed E-state index contributed by atoms with van der Waals surface area (Å²) in [5.74, 6) is 0.998. The molecule has 0 fully saturated rings. The van der Waals surface area contributed by atoms with E-state index in [9.17, 15) is 0 Å². The largest absolute Gasteiger partial charge is 0.493 e. The van der Waals surface area contributed by atoms with Crippen LogP contribution < -0.4 is 10.5 Å². The van der Waals surface area contributed by atoms with Crippen molar-refractivity contribution in [1.29, 1.82) is 0 Å². The maximum atomic E-state index is 5.85. The Bertz CT molecular complexity index is 336. The molecule has 0 aliphatic carbocycles. The summed E-state index contributed by atoms with van der Waals surface area (Å²) in [6, 6.07) is 4.17. The molecule has 0 radical (unpaired) electrons. The lowest BCUT2D eigenvalue weighted by molar-refractivity contribution is 0.352. The lowest BCUT2D eigenvalue weighted by Crippen LogP contribution is -2.06. The Hall–Kier alpha value is -0.540. The first-order valence-corrected chi connectivity index (χ1v) is 5.18. The van der Waals surface area contributed by atoms with Crippen LogP contribution in [0.3, 0.4) is 0 Å². The first-order chi connectivity index (χ1) is 6.18. The first-order valence-electron chi connectivity index (χ1n) is 4.39. The zero-order valence-corrected chi connectivity index (χ0v) is 9.10. The van der Waals surface area contributed by atoms with Gasteiger partial charge < -0.3 is 10.5 Å². The highest BCUT2D eigenvalue weighted by atomic mass is 79.9. The van der Waals surface area contributed by atoms with Gasteiger partial charge >= 0.3 is 0 Å². The lowest BCUT2D eigenvalue weighted by Gasteiger charge is -2.11. The zero-order valence-electron chi connectivity index (χ0n) is 7.51. The minimum atomic E-state index is 0.0318. The smallest absolute Gasteiger partial charge is 0.127 e. The van der Waals surface area contributed by atoms with Crippen LogP contribution in [0.1, 0.15) is 24.1 Å². The quantitative estimate of drug-likeness (QED) is 0.820. The standard InChI is InChI=1S/C10H12BrNO/c1-6(12)9-5-8(11)4-7-2-3-13-10(7)9/h4-6H,2-3,12H2,1H3. The van der Waals surface area contributed by atoms with Gasteiger partial charge in [-0.3, -0.25) is 0 Å². The SMILES string of the molecule is CC(N)c1cc(Br)cc2c1OCC2. The molecule has 1 unspecified atom stereocenters. The van der Waals surface area contributed by atoms with Crippen molar-refractivity contribution in [3.63, 3.8) is 0 Å². The van der Waals surface area contributed by atoms with Gasteiger partial charge in [-0.1, -0.05) is 15.9 Å². The predicted molar refractivity (Wildman–Crippen MR) is 55.9 cm³/mol. The van der Waals surface area contributed by atoms with Crippen molar-refractivity contribution >= 4 is 15.9 Å². The summed E-state index contributed by atoms with van der Waals surface area (Å²) >= 11 is 3.47. The minimum Gasteiger partial charge on any atom is -0.493 e. The van der Waals surface area contributed by atoms with Gasteiger partial charge in [-0.05, 0) is 24.6 Å². The van der Waals surface area contributed by atoms with Crippen LogP contribution in [0.4, 0.5) is 0 Å². The molecule has 0 amide bonds. The van der Waals surface area contributed by atoms with Crippen LogP contribution in [-0.4, -0.2) is 6.61 Å². The van der Waals surface area contributed by atoms with Crippen molar-refractivity contribution < 1.29 is 4.74 Å². The molecule has 2 nitrogen and oxygen atoms in total. The van der Waals surface area contributed by atoms with E-state index in [-0.39, 0.29) is 6.04 Å². The van der Waals surface area contributed by atoms with Crippen molar-refractivity contribution in [3.05, 3.63) is 27.7 Å². The van der Waals surface area contributed by atoms with Crippen LogP contribution in [0.5, 0.6) is 5.75 Å². The van der Waals surface area contributed by atoms with Gasteiger partial charge in [0.15, 0.2) is 0 Å². The van der Waals surface area contributed by atoms with Crippen molar-refractivity contribution in [2.24, 2.45) is 5.73 Å². The van der Waals surface area contributed by atoms with Gasteiger partial charge in [0.05, 0.1) is 6.61 Å². The molecule has 1 aliphatic heterocycles. The van der Waals surface area contributed by atoms with Gasteiger partial charge in [0.2, 0.25) is 0 Å². The summed E-state index contributed by atoms with van der Waals surface area (Å²) in [5.41, 5.74) is 8.22. The van der Waals surface area contributed by atoms with Gasteiger partial charge in [-0.25, -0.2) is 0 Å². The molecule has 1 aromatic carbocycles. The molecule has 1 aliphatic rings. The van der Waals surface area contributed by atoms with Gasteiger partial charge in [0.25, 0.3) is 0 Å². The van der Waals surface area contributed by atoms with E-state index in [0.717, 1.165) is 28.8 Å². The monoisotopic (exact) mass is 241 g/mol. The second kappa shape index (κ2) is 3.31. The number of hydrogen-bond acceptors (Lipinski definition) is 2. The molecule has 70 valence electrons. The van der Waals surface area contributed by atoms with Gasteiger partial charge in [0, 0.05) is 22.5 Å². The molecular formula is C10H12BrNO. The lowest BCUT2D eigenvalue weighted by atomic mass is 10.0. The summed E-state index contributed by atoms with van der Waals surface area (Å²) < 4.78 is 6.63. The maximum Gasteiger partial charge on any atom is 0.127 e. The maximum absolute atomic E-state index is 5.85. The third-order valence-corrected chi connectivity index (χ3v) is 2.73. The van der Waals surface area contributed by atoms with Crippen LogP contribution in [0.2, 0.25) is 0 Å². The molecule has 2 rings (SSSR count). The number of hydrogen-bond donors (Lipinski definition) is 1. The summed E-state index contributed by atoms with van der Waals surface area (Å²) in [4.78, 5) is 0. The van der Waals surface area contributed by atoms with Gasteiger partial charge in [0.1, 0.15) is 5.75 Å². The first kappa shape index (κ1) is 9.03. The molecule has 2 N–H and O–H groups in total. The molecule has 0 bridgehead atoms. The highest BCUT2D eigenvalue weighted by Crippen LogP contribution is 2.35. The van der Waals surface area contributed by atoms with E-state index in [0.29, 0.717) is 0 Å². The Morgan fingerprint density at radius 1 is 1.54 bits per heavy atom.